The average molecular weight is 536 g/mol. The van der Waals surface area contributed by atoms with Gasteiger partial charge < -0.3 is 25.0 Å². The zero-order valence-electron chi connectivity index (χ0n) is 24.2. The zero-order valence-corrected chi connectivity index (χ0v) is 24.2. The summed E-state index contributed by atoms with van der Waals surface area (Å²) in [6, 6.07) is -0.765. The Hall–Kier alpha value is -1.96. The van der Waals surface area contributed by atoms with Crippen LogP contribution in [0.3, 0.4) is 0 Å². The molecule has 0 aromatic heterocycles. The van der Waals surface area contributed by atoms with Crippen LogP contribution in [0.25, 0.3) is 0 Å². The molecular weight excluding hydrogens is 482 g/mol. The molecule has 0 aromatic carbocycles. The van der Waals surface area contributed by atoms with Crippen LogP contribution in [0.15, 0.2) is 36.0 Å². The quantitative estimate of drug-likeness (QED) is 0.337. The molecule has 3 N–H and O–H groups in total. The summed E-state index contributed by atoms with van der Waals surface area (Å²) in [6.07, 6.45) is 22.4. The second kappa shape index (κ2) is 19.2. The number of aliphatic hydroxyl groups excluding tert-OH is 1. The number of carboxylic acids is 1. The van der Waals surface area contributed by atoms with Crippen molar-refractivity contribution in [2.45, 2.75) is 129 Å². The van der Waals surface area contributed by atoms with Crippen LogP contribution in [0.2, 0.25) is 0 Å². The minimum Gasteiger partial charge on any atom is -0.480 e. The van der Waals surface area contributed by atoms with E-state index >= 15 is 0 Å². The molecule has 3 unspecified atom stereocenters. The Balaban J connectivity index is 0.000000335. The number of piperidine rings is 1. The number of ether oxygens (including phenoxy) is 1. The van der Waals surface area contributed by atoms with Crippen molar-refractivity contribution in [1.82, 2.24) is 4.90 Å². The molecule has 3 rings (SSSR count). The van der Waals surface area contributed by atoms with Gasteiger partial charge in [-0.15, -0.1) is 0 Å². The van der Waals surface area contributed by atoms with Crippen LogP contribution in [0.1, 0.15) is 111 Å². The molecule has 7 heteroatoms. The molecule has 1 aliphatic carbocycles. The van der Waals surface area contributed by atoms with Crippen molar-refractivity contribution in [2.24, 2.45) is 5.92 Å². The smallest absolute Gasteiger partial charge is 0.326 e. The Morgan fingerprint density at radius 1 is 0.974 bits per heavy atom. The number of nitrogens with zero attached hydrogens (tertiary/aromatic N) is 1. The Labute approximate surface area is 230 Å². The Kier molecular flexibility index (Phi) is 17.2. The number of carbonyl (C=O) groups excluding carboxylic acids is 1. The molecule has 38 heavy (non-hydrogen) atoms. The molecule has 218 valence electrons. The van der Waals surface area contributed by atoms with E-state index in [9.17, 15) is 19.8 Å². The minimum absolute atomic E-state index is 0.0359. The number of carbonyl (C=O) groups is 2. The number of allylic oxidation sites excluding steroid dienone is 6. The fourth-order valence-electron chi connectivity index (χ4n) is 4.73. The van der Waals surface area contributed by atoms with Gasteiger partial charge in [0.05, 0.1) is 19.1 Å². The van der Waals surface area contributed by atoms with Gasteiger partial charge in [0, 0.05) is 12.5 Å². The van der Waals surface area contributed by atoms with Gasteiger partial charge in [0.25, 0.3) is 0 Å². The maximum atomic E-state index is 12.4. The van der Waals surface area contributed by atoms with Gasteiger partial charge in [-0.25, -0.2) is 4.79 Å². The molecule has 0 radical (unpaired) electrons. The second-order valence-corrected chi connectivity index (χ2v) is 10.7. The van der Waals surface area contributed by atoms with Crippen LogP contribution in [0, 0.1) is 5.92 Å². The number of likely N-dealkylation sites (tertiary alicyclic amines) is 1. The highest BCUT2D eigenvalue weighted by atomic mass is 16.6. The summed E-state index contributed by atoms with van der Waals surface area (Å²) in [5.74, 6) is -2.86. The van der Waals surface area contributed by atoms with Crippen molar-refractivity contribution in [3.63, 3.8) is 0 Å². The molecule has 0 spiro atoms. The van der Waals surface area contributed by atoms with Gasteiger partial charge in [-0.2, -0.15) is 0 Å². The number of rotatable bonds is 7. The van der Waals surface area contributed by atoms with E-state index in [0.29, 0.717) is 19.6 Å². The molecule has 3 aliphatic rings. The first-order valence-electron chi connectivity index (χ1n) is 14.7. The van der Waals surface area contributed by atoms with Crippen molar-refractivity contribution in [3.05, 3.63) is 36.0 Å². The standard InChI is InChI=1S/C14H23NO5.C11H18.C6H12O/c1-10-5-4-8-20-14(10,19)9-12(16)15-7-3-2-6-11(15)13(17)18;1-4-6-7-8-9-10-11(3)5-2;7-6-4-2-1-3-5-6/h10-11,19H,2-9H2,1H3,(H,17,18);6-10H,4-5H2,1-3H3;6-7H,1-5H2/b;7-6+,9-8+,11-10+;. The number of carboxylic acid groups (broad SMARTS) is 1. The predicted octanol–water partition coefficient (Wildman–Crippen LogP) is 6.15. The van der Waals surface area contributed by atoms with Crippen molar-refractivity contribution in [2.75, 3.05) is 13.2 Å². The lowest BCUT2D eigenvalue weighted by atomic mass is 9.89. The Bertz CT molecular complexity index is 770. The van der Waals surface area contributed by atoms with Crippen LogP contribution in [0.5, 0.6) is 0 Å². The first-order chi connectivity index (χ1) is 18.1. The van der Waals surface area contributed by atoms with Crippen molar-refractivity contribution < 1.29 is 29.6 Å². The fourth-order valence-corrected chi connectivity index (χ4v) is 4.73. The SMILES string of the molecule is CC/C=C/C=C/C=C(\C)CC.CC1CCCOC1(O)CC(=O)N1CCCCC1C(=O)O.OC1CCCCC1. The first kappa shape index (κ1) is 34.1. The van der Waals surface area contributed by atoms with Gasteiger partial charge in [-0.05, 0) is 64.7 Å². The van der Waals surface area contributed by atoms with Crippen molar-refractivity contribution in [1.29, 1.82) is 0 Å². The minimum atomic E-state index is -1.45. The molecule has 3 fully saturated rings. The lowest BCUT2D eigenvalue weighted by Crippen LogP contribution is -2.52. The van der Waals surface area contributed by atoms with E-state index in [1.807, 2.05) is 6.92 Å². The normalized spacial score (nSPS) is 26.9. The summed E-state index contributed by atoms with van der Waals surface area (Å²) in [4.78, 5) is 25.0. The third-order valence-corrected chi connectivity index (χ3v) is 7.52. The number of hydrogen-bond donors (Lipinski definition) is 3. The lowest BCUT2D eigenvalue weighted by molar-refractivity contribution is -0.255. The molecular formula is C31H53NO6. The molecule has 2 saturated heterocycles. The van der Waals surface area contributed by atoms with Gasteiger partial charge in [0.1, 0.15) is 6.04 Å². The molecule has 3 atom stereocenters. The van der Waals surface area contributed by atoms with E-state index in [1.54, 1.807) is 0 Å². The first-order valence-corrected chi connectivity index (χ1v) is 14.7. The van der Waals surface area contributed by atoms with E-state index in [1.165, 1.54) is 29.7 Å². The third kappa shape index (κ3) is 13.2. The maximum Gasteiger partial charge on any atom is 0.326 e. The highest BCUT2D eigenvalue weighted by molar-refractivity contribution is 5.84. The van der Waals surface area contributed by atoms with E-state index in [-0.39, 0.29) is 24.3 Å². The van der Waals surface area contributed by atoms with Crippen LogP contribution in [0.4, 0.5) is 0 Å². The van der Waals surface area contributed by atoms with Gasteiger partial charge in [-0.1, -0.05) is 76.0 Å². The van der Waals surface area contributed by atoms with Crippen LogP contribution in [-0.2, 0) is 14.3 Å². The summed E-state index contributed by atoms with van der Waals surface area (Å²) >= 11 is 0. The molecule has 1 amide bonds. The molecule has 2 heterocycles. The largest absolute Gasteiger partial charge is 0.480 e. The average Bonchev–Trinajstić information content (AvgIpc) is 2.91. The van der Waals surface area contributed by atoms with Crippen molar-refractivity contribution in [3.8, 4) is 0 Å². The monoisotopic (exact) mass is 535 g/mol. The van der Waals surface area contributed by atoms with E-state index in [0.717, 1.165) is 51.4 Å². The number of aliphatic carboxylic acids is 1. The topological polar surface area (TPSA) is 107 Å². The maximum absolute atomic E-state index is 12.4. The summed E-state index contributed by atoms with van der Waals surface area (Å²) in [7, 11) is 0. The van der Waals surface area contributed by atoms with Crippen LogP contribution >= 0.6 is 0 Å². The molecule has 0 bridgehead atoms. The zero-order chi connectivity index (χ0) is 28.4. The van der Waals surface area contributed by atoms with Crippen molar-refractivity contribution >= 4 is 11.9 Å². The van der Waals surface area contributed by atoms with Gasteiger partial charge in [-0.3, -0.25) is 4.79 Å². The van der Waals surface area contributed by atoms with Gasteiger partial charge in [0.2, 0.25) is 5.91 Å². The molecule has 7 nitrogen and oxygen atoms in total. The molecule has 2 aliphatic heterocycles. The fraction of sp³-hybridized carbons (Fsp3) is 0.742. The predicted molar refractivity (Wildman–Crippen MR) is 153 cm³/mol. The summed E-state index contributed by atoms with van der Waals surface area (Å²) in [5, 5.41) is 28.5. The van der Waals surface area contributed by atoms with E-state index in [2.05, 4.69) is 51.2 Å². The number of amides is 1. The summed E-state index contributed by atoms with van der Waals surface area (Å²) in [6.45, 7) is 9.20. The van der Waals surface area contributed by atoms with E-state index < -0.39 is 17.8 Å². The van der Waals surface area contributed by atoms with E-state index in [4.69, 9.17) is 9.84 Å². The van der Waals surface area contributed by atoms with Crippen LogP contribution < -0.4 is 0 Å². The van der Waals surface area contributed by atoms with Gasteiger partial charge >= 0.3 is 5.97 Å². The van der Waals surface area contributed by atoms with Crippen LogP contribution in [-0.4, -0.2) is 63.2 Å². The number of aliphatic hydroxyl groups is 2. The number of hydrogen-bond acceptors (Lipinski definition) is 5. The molecule has 0 aromatic rings. The summed E-state index contributed by atoms with van der Waals surface area (Å²) < 4.78 is 5.40. The highest BCUT2D eigenvalue weighted by Gasteiger charge is 2.42. The summed E-state index contributed by atoms with van der Waals surface area (Å²) in [5.41, 5.74) is 1.42. The third-order valence-electron chi connectivity index (χ3n) is 7.52. The van der Waals surface area contributed by atoms with Gasteiger partial charge in [0.15, 0.2) is 5.79 Å². The Morgan fingerprint density at radius 3 is 2.21 bits per heavy atom. The Morgan fingerprint density at radius 2 is 1.66 bits per heavy atom. The second-order valence-electron chi connectivity index (χ2n) is 10.7. The molecule has 1 saturated carbocycles. The lowest BCUT2D eigenvalue weighted by Gasteiger charge is -2.40. The highest BCUT2D eigenvalue weighted by Crippen LogP contribution is 2.33.